The van der Waals surface area contributed by atoms with Gasteiger partial charge in [-0.1, -0.05) is 24.3 Å². The minimum absolute atomic E-state index is 0.00759. The summed E-state index contributed by atoms with van der Waals surface area (Å²) in [5.41, 5.74) is 3.21. The molecule has 0 aliphatic carbocycles. The van der Waals surface area contributed by atoms with E-state index in [1.807, 2.05) is 24.3 Å². The molecule has 40 heavy (non-hydrogen) atoms. The van der Waals surface area contributed by atoms with Crippen molar-refractivity contribution in [3.8, 4) is 17.0 Å². The Morgan fingerprint density at radius 3 is 2.33 bits per heavy atom. The van der Waals surface area contributed by atoms with Gasteiger partial charge in [-0.05, 0) is 54.1 Å². The van der Waals surface area contributed by atoms with E-state index in [0.29, 0.717) is 24.6 Å². The first-order valence-corrected chi connectivity index (χ1v) is 14.5. The average molecular weight is 567 g/mol. The number of carbonyl (C=O) groups excluding carboxylic acids is 1. The normalized spacial score (nSPS) is 13.8. The van der Waals surface area contributed by atoms with E-state index in [0.717, 1.165) is 29.9 Å². The number of carbonyl (C=O) groups is 1. The van der Waals surface area contributed by atoms with E-state index in [1.54, 1.807) is 42.6 Å². The van der Waals surface area contributed by atoms with Crippen LogP contribution in [0.4, 0.5) is 19.3 Å². The summed E-state index contributed by atoms with van der Waals surface area (Å²) in [7, 11) is -3.24. The number of hydrogen-bond acceptors (Lipinski definition) is 6. The topological polar surface area (TPSA) is 93.5 Å². The molecule has 208 valence electrons. The van der Waals surface area contributed by atoms with Crippen molar-refractivity contribution in [2.24, 2.45) is 5.92 Å². The number of rotatable bonds is 9. The predicted octanol–water partition coefficient (Wildman–Crippen LogP) is 5.16. The van der Waals surface area contributed by atoms with Crippen molar-refractivity contribution < 1.29 is 26.7 Å². The largest absolute Gasteiger partial charge is 0.489 e. The molecule has 0 bridgehead atoms. The highest BCUT2D eigenvalue weighted by atomic mass is 32.2. The van der Waals surface area contributed by atoms with Crippen LogP contribution >= 0.6 is 0 Å². The lowest BCUT2D eigenvalue weighted by molar-refractivity contribution is 0.151. The highest BCUT2D eigenvalue weighted by molar-refractivity contribution is 7.90. The fourth-order valence-electron chi connectivity index (χ4n) is 4.37. The Balaban J connectivity index is 1.08. The zero-order valence-electron chi connectivity index (χ0n) is 21.7. The Hall–Kier alpha value is -4.25. The van der Waals surface area contributed by atoms with Crippen molar-refractivity contribution in [3.63, 3.8) is 0 Å². The summed E-state index contributed by atoms with van der Waals surface area (Å²) in [5, 5.41) is 2.92. The first-order chi connectivity index (χ1) is 19.2. The summed E-state index contributed by atoms with van der Waals surface area (Å²) in [4.78, 5) is 19.3. The van der Waals surface area contributed by atoms with Crippen LogP contribution in [0.25, 0.3) is 11.3 Å². The van der Waals surface area contributed by atoms with Gasteiger partial charge >= 0.3 is 6.03 Å². The van der Waals surface area contributed by atoms with Crippen molar-refractivity contribution >= 4 is 21.6 Å². The summed E-state index contributed by atoms with van der Waals surface area (Å²) < 4.78 is 55.8. The number of sulfone groups is 1. The highest BCUT2D eigenvalue weighted by Crippen LogP contribution is 2.27. The lowest BCUT2D eigenvalue weighted by Gasteiger charge is -2.41. The Bertz CT molecular complexity index is 1570. The smallest absolute Gasteiger partial charge is 0.326 e. The van der Waals surface area contributed by atoms with Gasteiger partial charge in [0.2, 0.25) is 0 Å². The molecule has 0 spiro atoms. The second-order valence-electron chi connectivity index (χ2n) is 9.74. The van der Waals surface area contributed by atoms with E-state index in [-0.39, 0.29) is 22.4 Å². The number of aromatic nitrogens is 2. The monoisotopic (exact) mass is 566 g/mol. The number of alkyl halides is 2. The summed E-state index contributed by atoms with van der Waals surface area (Å²) in [6, 6.07) is 19.9. The molecule has 4 aromatic rings. The molecule has 0 saturated carbocycles. The van der Waals surface area contributed by atoms with Crippen LogP contribution in [0.15, 0.2) is 90.2 Å². The molecule has 1 amide bonds. The molecule has 1 N–H and O–H groups in total. The molecule has 1 aliphatic rings. The van der Waals surface area contributed by atoms with Crippen LogP contribution < -0.4 is 15.0 Å². The van der Waals surface area contributed by atoms with Crippen LogP contribution in [-0.2, 0) is 16.4 Å². The number of anilines is 1. The standard InChI is InChI=1S/C29H28F2N4O4S/c1-40(37,38)26-12-2-20(3-13-26)18-39-25-10-6-22(7-11-25)27-17-35(19-33-27)29(36)32-14-21-15-34(16-21)24-8-4-23(5-9-24)28(30)31/h2-13,17,19,21,28H,14-16,18H2,1H3,(H,32,36). The Morgan fingerprint density at radius 1 is 1.02 bits per heavy atom. The number of hydrogen-bond donors (Lipinski definition) is 1. The van der Waals surface area contributed by atoms with E-state index in [1.165, 1.54) is 29.3 Å². The SMILES string of the molecule is CS(=O)(=O)c1ccc(COc2ccc(-c3cn(C(=O)NCC4CN(c5ccc(C(F)F)cc5)C4)cn3)cc2)cc1. The Morgan fingerprint density at radius 2 is 1.70 bits per heavy atom. The third-order valence-corrected chi connectivity index (χ3v) is 7.86. The predicted molar refractivity (Wildman–Crippen MR) is 147 cm³/mol. The molecule has 1 aliphatic heterocycles. The van der Waals surface area contributed by atoms with E-state index < -0.39 is 16.3 Å². The van der Waals surface area contributed by atoms with Crippen molar-refractivity contribution in [1.82, 2.24) is 14.9 Å². The van der Waals surface area contributed by atoms with E-state index in [4.69, 9.17) is 4.74 Å². The van der Waals surface area contributed by atoms with Crippen LogP contribution in [0.2, 0.25) is 0 Å². The fourth-order valence-corrected chi connectivity index (χ4v) is 5.00. The second-order valence-corrected chi connectivity index (χ2v) is 11.8. The van der Waals surface area contributed by atoms with Crippen LogP contribution in [0.3, 0.4) is 0 Å². The lowest BCUT2D eigenvalue weighted by Crippen LogP contribution is -2.51. The zero-order chi connectivity index (χ0) is 28.3. The molecule has 0 unspecified atom stereocenters. The number of benzene rings is 3. The molecule has 0 radical (unpaired) electrons. The lowest BCUT2D eigenvalue weighted by atomic mass is 9.99. The maximum absolute atomic E-state index is 12.7. The summed E-state index contributed by atoms with van der Waals surface area (Å²) in [6.45, 7) is 2.27. The molecule has 2 heterocycles. The van der Waals surface area contributed by atoms with Crippen LogP contribution in [0, 0.1) is 5.92 Å². The average Bonchev–Trinajstić information content (AvgIpc) is 3.42. The third kappa shape index (κ3) is 6.48. The van der Waals surface area contributed by atoms with Gasteiger partial charge in [-0.15, -0.1) is 0 Å². The van der Waals surface area contributed by atoms with Gasteiger partial charge in [-0.2, -0.15) is 0 Å². The van der Waals surface area contributed by atoms with Gasteiger partial charge < -0.3 is 15.0 Å². The molecule has 0 atom stereocenters. The van der Waals surface area contributed by atoms with Crippen molar-refractivity contribution in [2.75, 3.05) is 30.8 Å². The van der Waals surface area contributed by atoms with E-state index in [9.17, 15) is 22.0 Å². The Labute approximate surface area is 231 Å². The molecular weight excluding hydrogens is 538 g/mol. The number of nitrogens with one attached hydrogen (secondary N) is 1. The number of nitrogens with zero attached hydrogens (tertiary/aromatic N) is 3. The van der Waals surface area contributed by atoms with Gasteiger partial charge in [0.15, 0.2) is 9.84 Å². The molecule has 1 aromatic heterocycles. The van der Waals surface area contributed by atoms with Gasteiger partial charge in [-0.25, -0.2) is 27.0 Å². The summed E-state index contributed by atoms with van der Waals surface area (Å²) >= 11 is 0. The Kier molecular flexibility index (Phi) is 7.83. The summed E-state index contributed by atoms with van der Waals surface area (Å²) in [5.74, 6) is 0.916. The number of halogens is 2. The maximum atomic E-state index is 12.7. The molecule has 1 fully saturated rings. The first kappa shape index (κ1) is 27.3. The second kappa shape index (κ2) is 11.5. The third-order valence-electron chi connectivity index (χ3n) is 6.73. The fraction of sp³-hybridized carbons (Fsp3) is 0.241. The molecule has 5 rings (SSSR count). The van der Waals surface area contributed by atoms with Crippen molar-refractivity contribution in [2.45, 2.75) is 17.9 Å². The molecule has 1 saturated heterocycles. The van der Waals surface area contributed by atoms with Gasteiger partial charge in [0.25, 0.3) is 6.43 Å². The number of ether oxygens (including phenoxy) is 1. The van der Waals surface area contributed by atoms with Gasteiger partial charge in [0, 0.05) is 54.8 Å². The number of amides is 1. The zero-order valence-corrected chi connectivity index (χ0v) is 22.5. The maximum Gasteiger partial charge on any atom is 0.326 e. The van der Waals surface area contributed by atoms with Crippen LogP contribution in [0.5, 0.6) is 5.75 Å². The van der Waals surface area contributed by atoms with Gasteiger partial charge in [0.05, 0.1) is 10.6 Å². The van der Waals surface area contributed by atoms with Crippen LogP contribution in [0.1, 0.15) is 17.6 Å². The molecule has 11 heteroatoms. The van der Waals surface area contributed by atoms with Crippen molar-refractivity contribution in [1.29, 1.82) is 0 Å². The molecule has 3 aromatic carbocycles. The number of imidazole rings is 1. The minimum atomic E-state index is -3.24. The molecular formula is C29H28F2N4O4S. The van der Waals surface area contributed by atoms with Gasteiger partial charge in [0.1, 0.15) is 18.7 Å². The molecule has 8 nitrogen and oxygen atoms in total. The van der Waals surface area contributed by atoms with E-state index in [2.05, 4.69) is 15.2 Å². The summed E-state index contributed by atoms with van der Waals surface area (Å²) in [6.07, 6.45) is 1.82. The quantitative estimate of drug-likeness (QED) is 0.301. The van der Waals surface area contributed by atoms with Crippen LogP contribution in [-0.4, -0.2) is 49.9 Å². The van der Waals surface area contributed by atoms with E-state index >= 15 is 0 Å². The first-order valence-electron chi connectivity index (χ1n) is 12.6. The minimum Gasteiger partial charge on any atom is -0.489 e. The van der Waals surface area contributed by atoms with Gasteiger partial charge in [-0.3, -0.25) is 4.57 Å². The van der Waals surface area contributed by atoms with Crippen molar-refractivity contribution in [3.05, 3.63) is 96.4 Å². The highest BCUT2D eigenvalue weighted by Gasteiger charge is 2.27.